The molecule has 86 valence electrons. The first kappa shape index (κ1) is 11.4. The lowest BCUT2D eigenvalue weighted by molar-refractivity contribution is -0.121. The van der Waals surface area contributed by atoms with Gasteiger partial charge in [-0.3, -0.25) is 4.79 Å². The number of hydrogen-bond donors (Lipinski definition) is 1. The third-order valence-electron chi connectivity index (χ3n) is 2.82. The van der Waals surface area contributed by atoms with Crippen LogP contribution in [0.3, 0.4) is 0 Å². The van der Waals surface area contributed by atoms with E-state index < -0.39 is 0 Å². The summed E-state index contributed by atoms with van der Waals surface area (Å²) in [5.41, 5.74) is 0. The van der Waals surface area contributed by atoms with Crippen LogP contribution in [0.2, 0.25) is 0 Å². The van der Waals surface area contributed by atoms with Crippen LogP contribution in [0.4, 0.5) is 0 Å². The maximum absolute atomic E-state index is 11.6. The van der Waals surface area contributed by atoms with Crippen molar-refractivity contribution in [3.05, 3.63) is 34.0 Å². The minimum absolute atomic E-state index is 0.169. The number of rotatable bonds is 4. The summed E-state index contributed by atoms with van der Waals surface area (Å²) in [6.45, 7) is 2.76. The van der Waals surface area contributed by atoms with Gasteiger partial charge in [-0.1, -0.05) is 12.2 Å². The summed E-state index contributed by atoms with van der Waals surface area (Å²) in [5.74, 6) is 0.632. The van der Waals surface area contributed by atoms with Crippen molar-refractivity contribution in [3.63, 3.8) is 0 Å². The van der Waals surface area contributed by atoms with Gasteiger partial charge in [-0.25, -0.2) is 0 Å². The van der Waals surface area contributed by atoms with Crippen molar-refractivity contribution in [2.45, 2.75) is 32.7 Å². The van der Waals surface area contributed by atoms with Crippen LogP contribution in [0.15, 0.2) is 24.3 Å². The highest BCUT2D eigenvalue weighted by atomic mass is 32.1. The molecule has 0 bridgehead atoms. The first-order valence-corrected chi connectivity index (χ1v) is 6.54. The van der Waals surface area contributed by atoms with Crippen molar-refractivity contribution in [2.24, 2.45) is 5.92 Å². The van der Waals surface area contributed by atoms with E-state index in [1.54, 1.807) is 11.3 Å². The van der Waals surface area contributed by atoms with Gasteiger partial charge in [-0.2, -0.15) is 0 Å². The standard InChI is InChI=1S/C13H17NOS/c1-10-6-7-12(16-10)9-14-13(15)8-11-4-2-3-5-11/h2,4,6-7,11H,3,5,8-9H2,1H3,(H,14,15)/t11-/m1/s1. The normalized spacial score (nSPS) is 18.9. The predicted molar refractivity (Wildman–Crippen MR) is 67.4 cm³/mol. The summed E-state index contributed by atoms with van der Waals surface area (Å²) in [4.78, 5) is 14.2. The number of carbonyl (C=O) groups excluding carboxylic acids is 1. The summed E-state index contributed by atoms with van der Waals surface area (Å²) in [6, 6.07) is 4.17. The molecular weight excluding hydrogens is 218 g/mol. The van der Waals surface area contributed by atoms with Crippen molar-refractivity contribution < 1.29 is 4.79 Å². The summed E-state index contributed by atoms with van der Waals surface area (Å²) < 4.78 is 0. The van der Waals surface area contributed by atoms with Gasteiger partial charge in [-0.15, -0.1) is 11.3 Å². The number of amides is 1. The second kappa shape index (κ2) is 5.30. The number of aryl methyl sites for hydroxylation is 1. The molecule has 1 atom stereocenters. The Morgan fingerprint density at radius 1 is 1.56 bits per heavy atom. The average Bonchev–Trinajstić information content (AvgIpc) is 2.87. The van der Waals surface area contributed by atoms with Gasteiger partial charge in [0.1, 0.15) is 0 Å². The number of carbonyl (C=O) groups is 1. The van der Waals surface area contributed by atoms with E-state index in [0.29, 0.717) is 18.9 Å². The molecule has 3 heteroatoms. The van der Waals surface area contributed by atoms with Gasteiger partial charge in [0.25, 0.3) is 0 Å². The smallest absolute Gasteiger partial charge is 0.220 e. The van der Waals surface area contributed by atoms with E-state index in [9.17, 15) is 4.79 Å². The lowest BCUT2D eigenvalue weighted by Gasteiger charge is -2.07. The SMILES string of the molecule is Cc1ccc(CNC(=O)C[C@@H]2C=CCC2)s1. The lowest BCUT2D eigenvalue weighted by Crippen LogP contribution is -2.23. The molecule has 1 heterocycles. The molecule has 0 spiro atoms. The van der Waals surface area contributed by atoms with Gasteiger partial charge in [0.05, 0.1) is 6.54 Å². The molecule has 0 fully saturated rings. The van der Waals surface area contributed by atoms with E-state index in [0.717, 1.165) is 12.8 Å². The molecule has 16 heavy (non-hydrogen) atoms. The maximum Gasteiger partial charge on any atom is 0.220 e. The van der Waals surface area contributed by atoms with Crippen LogP contribution in [0.1, 0.15) is 29.0 Å². The monoisotopic (exact) mass is 235 g/mol. The summed E-state index contributed by atoms with van der Waals surface area (Å²) >= 11 is 1.74. The molecule has 1 aromatic rings. The summed E-state index contributed by atoms with van der Waals surface area (Å²) in [5, 5.41) is 2.98. The first-order chi connectivity index (χ1) is 7.74. The molecule has 2 rings (SSSR count). The Kier molecular flexibility index (Phi) is 3.78. The highest BCUT2D eigenvalue weighted by Gasteiger charge is 2.13. The molecular formula is C13H17NOS. The lowest BCUT2D eigenvalue weighted by atomic mass is 10.1. The van der Waals surface area contributed by atoms with E-state index >= 15 is 0 Å². The third kappa shape index (κ3) is 3.20. The molecule has 0 saturated carbocycles. The average molecular weight is 235 g/mol. The molecule has 0 aromatic carbocycles. The van der Waals surface area contributed by atoms with Crippen molar-refractivity contribution >= 4 is 17.2 Å². The predicted octanol–water partition coefficient (Wildman–Crippen LogP) is 3.03. The fourth-order valence-electron chi connectivity index (χ4n) is 1.94. The van der Waals surface area contributed by atoms with Crippen molar-refractivity contribution in [2.75, 3.05) is 0 Å². The van der Waals surface area contributed by atoms with Crippen molar-refractivity contribution in [1.29, 1.82) is 0 Å². The zero-order valence-corrected chi connectivity index (χ0v) is 10.3. The van der Waals surface area contributed by atoms with Crippen LogP contribution in [0.25, 0.3) is 0 Å². The number of allylic oxidation sites excluding steroid dienone is 2. The fourth-order valence-corrected chi connectivity index (χ4v) is 2.77. The highest BCUT2D eigenvalue weighted by molar-refractivity contribution is 7.11. The molecule has 1 amide bonds. The van der Waals surface area contributed by atoms with Gasteiger partial charge in [-0.05, 0) is 37.8 Å². The van der Waals surface area contributed by atoms with Gasteiger partial charge < -0.3 is 5.32 Å². The van der Waals surface area contributed by atoms with E-state index in [2.05, 4.69) is 36.5 Å². The van der Waals surface area contributed by atoms with Crippen LogP contribution >= 0.6 is 11.3 Å². The largest absolute Gasteiger partial charge is 0.351 e. The fraction of sp³-hybridized carbons (Fsp3) is 0.462. The molecule has 1 aliphatic rings. The Morgan fingerprint density at radius 2 is 2.44 bits per heavy atom. The Morgan fingerprint density at radius 3 is 3.06 bits per heavy atom. The zero-order chi connectivity index (χ0) is 11.4. The number of thiophene rings is 1. The van der Waals surface area contributed by atoms with Crippen molar-refractivity contribution in [1.82, 2.24) is 5.32 Å². The van der Waals surface area contributed by atoms with Crippen molar-refractivity contribution in [3.8, 4) is 0 Å². The molecule has 1 aromatic heterocycles. The first-order valence-electron chi connectivity index (χ1n) is 5.73. The van der Waals surface area contributed by atoms with Crippen LogP contribution in [0.5, 0.6) is 0 Å². The quantitative estimate of drug-likeness (QED) is 0.799. The second-order valence-electron chi connectivity index (χ2n) is 4.26. The molecule has 2 nitrogen and oxygen atoms in total. The van der Waals surface area contributed by atoms with Crippen LogP contribution in [-0.4, -0.2) is 5.91 Å². The van der Waals surface area contributed by atoms with Crippen LogP contribution in [0, 0.1) is 12.8 Å². The van der Waals surface area contributed by atoms with E-state index in [1.165, 1.54) is 9.75 Å². The van der Waals surface area contributed by atoms with E-state index in [4.69, 9.17) is 0 Å². The maximum atomic E-state index is 11.6. The number of nitrogens with one attached hydrogen (secondary N) is 1. The van der Waals surface area contributed by atoms with Crippen LogP contribution < -0.4 is 5.32 Å². The minimum Gasteiger partial charge on any atom is -0.351 e. The topological polar surface area (TPSA) is 29.1 Å². The Balaban J connectivity index is 1.73. The van der Waals surface area contributed by atoms with E-state index in [1.807, 2.05) is 0 Å². The van der Waals surface area contributed by atoms with Gasteiger partial charge in [0.15, 0.2) is 0 Å². The Hall–Kier alpha value is -1.09. The second-order valence-corrected chi connectivity index (χ2v) is 5.63. The summed E-state index contributed by atoms with van der Waals surface area (Å²) in [7, 11) is 0. The minimum atomic E-state index is 0.169. The Bertz CT molecular complexity index is 394. The van der Waals surface area contributed by atoms with Gasteiger partial charge in [0.2, 0.25) is 5.91 Å². The van der Waals surface area contributed by atoms with E-state index in [-0.39, 0.29) is 5.91 Å². The Labute approximate surface area is 100 Å². The molecule has 1 N–H and O–H groups in total. The molecule has 0 aliphatic heterocycles. The number of hydrogen-bond acceptors (Lipinski definition) is 2. The van der Waals surface area contributed by atoms with Gasteiger partial charge >= 0.3 is 0 Å². The summed E-state index contributed by atoms with van der Waals surface area (Å²) in [6.07, 6.45) is 7.23. The molecule has 0 unspecified atom stereocenters. The molecule has 1 aliphatic carbocycles. The molecule has 0 radical (unpaired) electrons. The molecule has 0 saturated heterocycles. The third-order valence-corrected chi connectivity index (χ3v) is 3.82. The van der Waals surface area contributed by atoms with Gasteiger partial charge in [0, 0.05) is 16.2 Å². The highest BCUT2D eigenvalue weighted by Crippen LogP contribution is 2.20. The van der Waals surface area contributed by atoms with Crippen LogP contribution in [-0.2, 0) is 11.3 Å². The zero-order valence-electron chi connectivity index (χ0n) is 9.53.